The molecule has 2 aromatic heterocycles. The number of aliphatic hydroxyl groups is 1. The van der Waals surface area contributed by atoms with Gasteiger partial charge in [0, 0.05) is 47.5 Å². The maximum absolute atomic E-state index is 14.8. The summed E-state index contributed by atoms with van der Waals surface area (Å²) in [5.74, 6) is -0.445. The lowest BCUT2D eigenvalue weighted by Gasteiger charge is -2.29. The molecule has 0 amide bonds. The van der Waals surface area contributed by atoms with E-state index in [-0.39, 0.29) is 18.7 Å². The molecule has 1 unspecified atom stereocenters. The molecule has 4 aromatic rings. The highest BCUT2D eigenvalue weighted by atomic mass is 32.2. The van der Waals surface area contributed by atoms with Crippen LogP contribution >= 0.6 is 0 Å². The number of benzene rings is 2. The maximum atomic E-state index is 14.8. The van der Waals surface area contributed by atoms with E-state index in [0.29, 0.717) is 23.4 Å². The molecule has 0 bridgehead atoms. The van der Waals surface area contributed by atoms with E-state index in [1.54, 1.807) is 6.07 Å². The van der Waals surface area contributed by atoms with Crippen LogP contribution in [-0.4, -0.2) is 31.2 Å². The van der Waals surface area contributed by atoms with E-state index in [4.69, 9.17) is 4.52 Å². The lowest BCUT2D eigenvalue weighted by Crippen LogP contribution is -2.42. The molecular weight excluding hydrogens is 453 g/mol. The fraction of sp³-hybridized carbons (Fsp3) is 0.308. The number of nitrogens with one attached hydrogen (secondary N) is 1. The average Bonchev–Trinajstić information content (AvgIpc) is 3.24. The Hall–Kier alpha value is -2.78. The largest absolute Gasteiger partial charge is 0.598 e. The number of rotatable bonds is 8. The monoisotopic (exact) mass is 481 g/mol. The second-order valence-corrected chi connectivity index (χ2v) is 11.1. The zero-order valence-electron chi connectivity index (χ0n) is 19.4. The van der Waals surface area contributed by atoms with Crippen molar-refractivity contribution < 1.29 is 18.6 Å². The normalized spacial score (nSPS) is 13.8. The predicted octanol–water partition coefficient (Wildman–Crippen LogP) is 4.90. The number of aromatic nitrogens is 2. The Morgan fingerprint density at radius 2 is 1.82 bits per heavy atom. The van der Waals surface area contributed by atoms with Crippen molar-refractivity contribution in [2.45, 2.75) is 44.4 Å². The number of aliphatic hydroxyl groups excluding tert-OH is 1. The van der Waals surface area contributed by atoms with Crippen LogP contribution in [0.1, 0.15) is 43.8 Å². The van der Waals surface area contributed by atoms with Gasteiger partial charge < -0.3 is 14.2 Å². The number of pyridine rings is 1. The van der Waals surface area contributed by atoms with Crippen LogP contribution in [0, 0.1) is 5.82 Å². The molecule has 0 aliphatic rings. The second-order valence-electron chi connectivity index (χ2n) is 9.07. The van der Waals surface area contributed by atoms with Crippen molar-refractivity contribution in [2.75, 3.05) is 6.61 Å². The van der Waals surface area contributed by atoms with Crippen LogP contribution in [0.15, 0.2) is 65.2 Å². The number of hydrogen-bond donors (Lipinski definition) is 2. The molecule has 0 spiro atoms. The summed E-state index contributed by atoms with van der Waals surface area (Å²) in [5.41, 5.74) is 3.80. The van der Waals surface area contributed by atoms with Gasteiger partial charge in [0.25, 0.3) is 0 Å². The van der Waals surface area contributed by atoms with Crippen LogP contribution in [0.5, 0.6) is 0 Å². The van der Waals surface area contributed by atoms with E-state index in [0.717, 1.165) is 16.5 Å². The highest BCUT2D eigenvalue weighted by Crippen LogP contribution is 2.35. The summed E-state index contributed by atoms with van der Waals surface area (Å²) in [4.78, 5) is 4.43. The van der Waals surface area contributed by atoms with Gasteiger partial charge in [0.2, 0.25) is 0 Å². The zero-order valence-corrected chi connectivity index (χ0v) is 20.2. The van der Waals surface area contributed by atoms with Gasteiger partial charge in [-0.25, -0.2) is 4.39 Å². The van der Waals surface area contributed by atoms with Gasteiger partial charge in [-0.1, -0.05) is 41.6 Å². The van der Waals surface area contributed by atoms with Crippen LogP contribution in [0.25, 0.3) is 22.2 Å². The van der Waals surface area contributed by atoms with Crippen LogP contribution < -0.4 is 4.72 Å². The van der Waals surface area contributed by atoms with Gasteiger partial charge in [-0.15, -0.1) is 4.72 Å². The van der Waals surface area contributed by atoms with Crippen molar-refractivity contribution in [3.8, 4) is 11.3 Å². The molecule has 2 N–H and O–H groups in total. The standard InChI is InChI=1S/C26H28FN3O3S/c1-26(2,3)34(32)30-22(16-23-21(27)13-12-17(28-23)14-15-31)18-8-4-5-9-19(18)25-20-10-6-7-11-24(20)33-29-25/h4-13,22,30-31H,14-16H2,1-3H3/t22-,34?/m0/s1. The Kier molecular flexibility index (Phi) is 7.33. The summed E-state index contributed by atoms with van der Waals surface area (Å²) >= 11 is -1.42. The zero-order chi connectivity index (χ0) is 24.3. The van der Waals surface area contributed by atoms with E-state index in [9.17, 15) is 14.0 Å². The molecule has 6 nitrogen and oxygen atoms in total. The summed E-state index contributed by atoms with van der Waals surface area (Å²) in [5, 5.41) is 14.4. The smallest absolute Gasteiger partial charge is 0.167 e. The topological polar surface area (TPSA) is 94.2 Å². The fourth-order valence-corrected chi connectivity index (χ4v) is 4.56. The van der Waals surface area contributed by atoms with Crippen molar-refractivity contribution in [3.63, 3.8) is 0 Å². The third kappa shape index (κ3) is 5.31. The maximum Gasteiger partial charge on any atom is 0.167 e. The van der Waals surface area contributed by atoms with Gasteiger partial charge in [0.05, 0.1) is 11.7 Å². The molecule has 0 saturated carbocycles. The molecule has 34 heavy (non-hydrogen) atoms. The van der Waals surface area contributed by atoms with Crippen LogP contribution in [0.3, 0.4) is 0 Å². The van der Waals surface area contributed by atoms with Gasteiger partial charge in [-0.2, -0.15) is 0 Å². The molecule has 2 atom stereocenters. The number of fused-ring (bicyclic) bond motifs is 1. The van der Waals surface area contributed by atoms with E-state index in [1.165, 1.54) is 6.07 Å². The summed E-state index contributed by atoms with van der Waals surface area (Å²) in [6, 6.07) is 17.7. The second kappa shape index (κ2) is 10.2. The number of nitrogens with zero attached hydrogens (tertiary/aromatic N) is 2. The number of halogens is 1. The first-order chi connectivity index (χ1) is 16.3. The molecule has 4 rings (SSSR count). The molecule has 2 aromatic carbocycles. The number of hydrogen-bond acceptors (Lipinski definition) is 6. The molecule has 0 aliphatic carbocycles. The van der Waals surface area contributed by atoms with E-state index in [2.05, 4.69) is 14.9 Å². The molecular formula is C26H28FN3O3S. The van der Waals surface area contributed by atoms with Gasteiger partial charge in [-0.3, -0.25) is 4.98 Å². The highest BCUT2D eigenvalue weighted by molar-refractivity contribution is 7.90. The highest BCUT2D eigenvalue weighted by Gasteiger charge is 2.32. The van der Waals surface area contributed by atoms with Crippen molar-refractivity contribution in [2.24, 2.45) is 0 Å². The van der Waals surface area contributed by atoms with Crippen LogP contribution in [0.4, 0.5) is 4.39 Å². The minimum Gasteiger partial charge on any atom is -0.598 e. The summed E-state index contributed by atoms with van der Waals surface area (Å²) < 4.78 is 36.1. The van der Waals surface area contributed by atoms with Crippen molar-refractivity contribution in [1.29, 1.82) is 0 Å². The summed E-state index contributed by atoms with van der Waals surface area (Å²) in [7, 11) is 0. The third-order valence-corrected chi connectivity index (χ3v) is 7.13. The third-order valence-electron chi connectivity index (χ3n) is 5.52. The van der Waals surface area contributed by atoms with Crippen molar-refractivity contribution >= 4 is 22.3 Å². The predicted molar refractivity (Wildman–Crippen MR) is 132 cm³/mol. The fourth-order valence-electron chi connectivity index (χ4n) is 3.74. The van der Waals surface area contributed by atoms with Gasteiger partial charge >= 0.3 is 0 Å². The van der Waals surface area contributed by atoms with Gasteiger partial charge in [0.15, 0.2) is 5.58 Å². The van der Waals surface area contributed by atoms with Crippen molar-refractivity contribution in [1.82, 2.24) is 14.9 Å². The Morgan fingerprint density at radius 3 is 2.59 bits per heavy atom. The SMILES string of the molecule is CC(C)(C)[S+]([O-])N[C@@H](Cc1nc(CCO)ccc1F)c1ccccc1-c1noc2ccccc12. The molecule has 0 saturated heterocycles. The Morgan fingerprint density at radius 1 is 1.09 bits per heavy atom. The molecule has 178 valence electrons. The minimum absolute atomic E-state index is 0.0736. The van der Waals surface area contributed by atoms with Crippen molar-refractivity contribution in [3.05, 3.63) is 83.4 Å². The Bertz CT molecular complexity index is 1270. The summed E-state index contributed by atoms with van der Waals surface area (Å²) in [6.07, 6.45) is 0.501. The lowest BCUT2D eigenvalue weighted by atomic mass is 9.94. The first-order valence-corrected chi connectivity index (χ1v) is 12.3. The van der Waals surface area contributed by atoms with Crippen LogP contribution in [-0.2, 0) is 24.2 Å². The van der Waals surface area contributed by atoms with E-state index in [1.807, 2.05) is 69.3 Å². The molecule has 0 radical (unpaired) electrons. The quantitative estimate of drug-likeness (QED) is 0.348. The van der Waals surface area contributed by atoms with E-state index < -0.39 is 28.0 Å². The minimum atomic E-state index is -1.42. The average molecular weight is 482 g/mol. The molecule has 0 aliphatic heterocycles. The summed E-state index contributed by atoms with van der Waals surface area (Å²) in [6.45, 7) is 5.57. The van der Waals surface area contributed by atoms with Gasteiger partial charge in [-0.05, 0) is 50.6 Å². The Labute approximate surface area is 201 Å². The Balaban J connectivity index is 1.80. The lowest BCUT2D eigenvalue weighted by molar-refractivity contribution is 0.298. The molecule has 0 fully saturated rings. The van der Waals surface area contributed by atoms with Crippen LogP contribution in [0.2, 0.25) is 0 Å². The first kappa shape index (κ1) is 24.3. The van der Waals surface area contributed by atoms with E-state index >= 15 is 0 Å². The number of para-hydroxylation sites is 1. The van der Waals surface area contributed by atoms with Gasteiger partial charge in [0.1, 0.15) is 16.3 Å². The molecule has 8 heteroatoms. The molecule has 2 heterocycles. The first-order valence-electron chi connectivity index (χ1n) is 11.1.